The normalized spacial score (nSPS) is 21.9. The maximum Gasteiger partial charge on any atom is 0.272 e. The Labute approximate surface area is 190 Å². The topological polar surface area (TPSA) is 66.0 Å². The number of likely N-dealkylation sites (N-methyl/N-ethyl adjacent to an activating group) is 1. The average Bonchev–Trinajstić information content (AvgIpc) is 2.81. The first-order valence-electron chi connectivity index (χ1n) is 11.4. The Bertz CT molecular complexity index is 928. The van der Waals surface area contributed by atoms with Crippen LogP contribution in [0.1, 0.15) is 29.0 Å². The van der Waals surface area contributed by atoms with Crippen LogP contribution in [0.5, 0.6) is 5.75 Å². The molecule has 2 aromatic rings. The molecule has 1 aromatic carbocycles. The average molecular weight is 437 g/mol. The molecule has 1 aromatic heterocycles. The van der Waals surface area contributed by atoms with Crippen LogP contribution in [0, 0.1) is 12.8 Å². The number of amides is 2. The second kappa shape index (κ2) is 10.1. The molecule has 0 unspecified atom stereocenters. The first kappa shape index (κ1) is 22.3. The fraction of sp³-hybridized carbons (Fsp3) is 0.480. The van der Waals surface area contributed by atoms with Gasteiger partial charge in [-0.1, -0.05) is 24.3 Å². The molecule has 2 saturated heterocycles. The van der Waals surface area contributed by atoms with Crippen molar-refractivity contribution in [3.05, 3.63) is 59.9 Å². The number of likely N-dealkylation sites (tertiary alicyclic amines) is 1. The number of piperazine rings is 1. The van der Waals surface area contributed by atoms with Gasteiger partial charge in [-0.2, -0.15) is 0 Å². The molecule has 0 N–H and O–H groups in total. The Morgan fingerprint density at radius 1 is 0.969 bits per heavy atom. The lowest BCUT2D eigenvalue weighted by Gasteiger charge is -2.39. The minimum Gasteiger partial charge on any atom is -0.490 e. The van der Waals surface area contributed by atoms with Gasteiger partial charge in [-0.05, 0) is 38.2 Å². The second-order valence-corrected chi connectivity index (χ2v) is 8.82. The van der Waals surface area contributed by atoms with Gasteiger partial charge in [0.2, 0.25) is 5.91 Å². The van der Waals surface area contributed by atoms with Crippen molar-refractivity contribution in [2.45, 2.75) is 25.9 Å². The van der Waals surface area contributed by atoms with Gasteiger partial charge in [-0.3, -0.25) is 9.59 Å². The summed E-state index contributed by atoms with van der Waals surface area (Å²) in [5.74, 6) is 0.802. The van der Waals surface area contributed by atoms with Crippen molar-refractivity contribution in [3.63, 3.8) is 0 Å². The summed E-state index contributed by atoms with van der Waals surface area (Å²) in [5.41, 5.74) is 1.27. The van der Waals surface area contributed by atoms with Gasteiger partial charge in [0.1, 0.15) is 17.5 Å². The Balaban J connectivity index is 1.47. The summed E-state index contributed by atoms with van der Waals surface area (Å²) in [5, 5.41) is 0. The number of hydrogen-bond donors (Lipinski definition) is 0. The number of aryl methyl sites for hydroxylation is 1. The van der Waals surface area contributed by atoms with Crippen LogP contribution in [0.15, 0.2) is 48.5 Å². The van der Waals surface area contributed by atoms with Crippen LogP contribution in [-0.4, -0.2) is 83.9 Å². The third-order valence-corrected chi connectivity index (χ3v) is 6.38. The van der Waals surface area contributed by atoms with Crippen molar-refractivity contribution in [3.8, 4) is 5.75 Å². The molecule has 3 heterocycles. The number of carbonyl (C=O) groups is 2. The van der Waals surface area contributed by atoms with E-state index in [0.717, 1.165) is 37.6 Å². The van der Waals surface area contributed by atoms with E-state index in [0.29, 0.717) is 31.6 Å². The van der Waals surface area contributed by atoms with Crippen LogP contribution < -0.4 is 4.74 Å². The summed E-state index contributed by atoms with van der Waals surface area (Å²) in [6.45, 7) is 6.25. The van der Waals surface area contributed by atoms with E-state index in [1.54, 1.807) is 6.07 Å². The third-order valence-electron chi connectivity index (χ3n) is 6.38. The zero-order chi connectivity index (χ0) is 22.5. The molecule has 2 atom stereocenters. The molecule has 2 aliphatic rings. The highest BCUT2D eigenvalue weighted by atomic mass is 16.5. The molecule has 7 nitrogen and oxygen atoms in total. The fourth-order valence-electron chi connectivity index (χ4n) is 4.45. The van der Waals surface area contributed by atoms with Crippen LogP contribution in [0.25, 0.3) is 0 Å². The van der Waals surface area contributed by atoms with Crippen molar-refractivity contribution < 1.29 is 14.3 Å². The molecule has 32 heavy (non-hydrogen) atoms. The Kier molecular flexibility index (Phi) is 7.05. The number of ether oxygens (including phenoxy) is 1. The van der Waals surface area contributed by atoms with E-state index < -0.39 is 0 Å². The smallest absolute Gasteiger partial charge is 0.272 e. The van der Waals surface area contributed by atoms with Gasteiger partial charge in [0.05, 0.1) is 0 Å². The summed E-state index contributed by atoms with van der Waals surface area (Å²) in [6.07, 6.45) is 0.961. The summed E-state index contributed by atoms with van der Waals surface area (Å²) < 4.78 is 6.29. The van der Waals surface area contributed by atoms with Gasteiger partial charge in [0.15, 0.2) is 0 Å². The molecule has 0 bridgehead atoms. The van der Waals surface area contributed by atoms with Gasteiger partial charge in [0, 0.05) is 63.7 Å². The summed E-state index contributed by atoms with van der Waals surface area (Å²) in [4.78, 5) is 36.6. The third kappa shape index (κ3) is 5.46. The number of nitrogens with zero attached hydrogens (tertiary/aromatic N) is 4. The Morgan fingerprint density at radius 3 is 2.44 bits per heavy atom. The van der Waals surface area contributed by atoms with Crippen LogP contribution in [0.4, 0.5) is 0 Å². The zero-order valence-electron chi connectivity index (χ0n) is 18.9. The van der Waals surface area contributed by atoms with Gasteiger partial charge in [0.25, 0.3) is 5.91 Å². The summed E-state index contributed by atoms with van der Waals surface area (Å²) >= 11 is 0. The minimum atomic E-state index is -0.108. The number of hydrogen-bond acceptors (Lipinski definition) is 5. The first-order valence-corrected chi connectivity index (χ1v) is 11.4. The molecular formula is C25H32N4O3. The molecule has 0 radical (unpaired) electrons. The Hall–Kier alpha value is -2.93. The summed E-state index contributed by atoms with van der Waals surface area (Å²) in [7, 11) is 2.08. The number of benzene rings is 1. The number of rotatable bonds is 5. The lowest BCUT2D eigenvalue weighted by molar-refractivity contribution is -0.135. The van der Waals surface area contributed by atoms with Crippen LogP contribution in [0.3, 0.4) is 0 Å². The molecule has 2 amide bonds. The van der Waals surface area contributed by atoms with Crippen molar-refractivity contribution in [2.75, 3.05) is 46.3 Å². The molecule has 0 saturated carbocycles. The largest absolute Gasteiger partial charge is 0.490 e. The van der Waals surface area contributed by atoms with Gasteiger partial charge in [-0.25, -0.2) is 4.98 Å². The van der Waals surface area contributed by atoms with Crippen molar-refractivity contribution in [2.24, 2.45) is 5.92 Å². The number of aromatic nitrogens is 1. The highest BCUT2D eigenvalue weighted by molar-refractivity contribution is 5.92. The van der Waals surface area contributed by atoms with Crippen LogP contribution >= 0.6 is 0 Å². The standard InChI is InChI=1S/C25H32N4O3/c1-19-7-6-10-22(26-19)25(31)29-12-11-23(32-21-8-4-3-5-9-21)20(18-29)17-24(30)28-15-13-27(2)14-16-28/h3-10,20,23H,11-18H2,1-2H3/t20-,23-/m0/s1. The molecule has 0 spiro atoms. The molecule has 0 aliphatic carbocycles. The number of para-hydroxylation sites is 1. The van der Waals surface area contributed by atoms with E-state index in [4.69, 9.17) is 4.74 Å². The maximum absolute atomic E-state index is 13.1. The lowest BCUT2D eigenvalue weighted by Crippen LogP contribution is -2.51. The fourth-order valence-corrected chi connectivity index (χ4v) is 4.45. The van der Waals surface area contributed by atoms with Gasteiger partial charge < -0.3 is 19.4 Å². The predicted molar refractivity (Wildman–Crippen MR) is 123 cm³/mol. The quantitative estimate of drug-likeness (QED) is 0.721. The Morgan fingerprint density at radius 2 is 1.72 bits per heavy atom. The van der Waals surface area contributed by atoms with E-state index in [9.17, 15) is 9.59 Å². The number of piperidine rings is 1. The molecule has 7 heteroatoms. The van der Waals surface area contributed by atoms with E-state index >= 15 is 0 Å². The van der Waals surface area contributed by atoms with E-state index in [2.05, 4.69) is 16.9 Å². The molecule has 4 rings (SSSR count). The van der Waals surface area contributed by atoms with E-state index in [-0.39, 0.29) is 23.8 Å². The minimum absolute atomic E-state index is 0.0649. The van der Waals surface area contributed by atoms with Crippen LogP contribution in [0.2, 0.25) is 0 Å². The molecule has 2 fully saturated rings. The molecular weight excluding hydrogens is 404 g/mol. The van der Waals surface area contributed by atoms with Gasteiger partial charge in [-0.15, -0.1) is 0 Å². The lowest BCUT2D eigenvalue weighted by atomic mass is 9.90. The highest BCUT2D eigenvalue weighted by Gasteiger charge is 2.36. The number of pyridine rings is 1. The predicted octanol–water partition coefficient (Wildman–Crippen LogP) is 2.46. The number of carbonyl (C=O) groups excluding carboxylic acids is 2. The monoisotopic (exact) mass is 436 g/mol. The molecule has 2 aliphatic heterocycles. The molecule has 170 valence electrons. The highest BCUT2D eigenvalue weighted by Crippen LogP contribution is 2.27. The SMILES string of the molecule is Cc1cccc(C(=O)N2CC[C@H](Oc3ccccc3)[C@@H](CC(=O)N3CCN(C)CC3)C2)n1. The first-order chi connectivity index (χ1) is 15.5. The zero-order valence-corrected chi connectivity index (χ0v) is 18.9. The van der Waals surface area contributed by atoms with E-state index in [1.165, 1.54) is 0 Å². The second-order valence-electron chi connectivity index (χ2n) is 8.82. The van der Waals surface area contributed by atoms with Crippen molar-refractivity contribution in [1.29, 1.82) is 0 Å². The maximum atomic E-state index is 13.1. The van der Waals surface area contributed by atoms with Gasteiger partial charge >= 0.3 is 0 Å². The van der Waals surface area contributed by atoms with E-state index in [1.807, 2.05) is 59.2 Å². The van der Waals surface area contributed by atoms with Crippen molar-refractivity contribution >= 4 is 11.8 Å². The van der Waals surface area contributed by atoms with Crippen molar-refractivity contribution in [1.82, 2.24) is 19.7 Å². The van der Waals surface area contributed by atoms with Crippen LogP contribution in [-0.2, 0) is 4.79 Å². The summed E-state index contributed by atoms with van der Waals surface area (Å²) in [6, 6.07) is 15.2.